The number of hydrogen-bond donors (Lipinski definition) is 2. The van der Waals surface area contributed by atoms with Crippen LogP contribution in [0.25, 0.3) is 11.4 Å². The first-order chi connectivity index (χ1) is 15.5. The molecule has 0 bridgehead atoms. The number of hydrogen-bond acceptors (Lipinski definition) is 8. The summed E-state index contributed by atoms with van der Waals surface area (Å²) >= 11 is 1.29. The molecule has 32 heavy (non-hydrogen) atoms. The van der Waals surface area contributed by atoms with Gasteiger partial charge in [-0.15, -0.1) is 10.2 Å². The van der Waals surface area contributed by atoms with Crippen LogP contribution < -0.4 is 14.9 Å². The third kappa shape index (κ3) is 5.38. The van der Waals surface area contributed by atoms with Crippen LogP contribution in [0.5, 0.6) is 17.2 Å². The van der Waals surface area contributed by atoms with Crippen molar-refractivity contribution < 1.29 is 19.4 Å². The Labute approximate surface area is 190 Å². The molecular weight excluding hydrogens is 430 g/mol. The number of aromatic hydroxyl groups is 1. The molecule has 0 atom stereocenters. The number of benzene rings is 2. The van der Waals surface area contributed by atoms with Crippen LogP contribution in [0.4, 0.5) is 0 Å². The van der Waals surface area contributed by atoms with E-state index in [1.54, 1.807) is 26.2 Å². The van der Waals surface area contributed by atoms with E-state index in [-0.39, 0.29) is 17.4 Å². The van der Waals surface area contributed by atoms with E-state index in [4.69, 9.17) is 9.47 Å². The molecule has 1 aromatic heterocycles. The number of rotatable bonds is 9. The van der Waals surface area contributed by atoms with Crippen molar-refractivity contribution >= 4 is 23.4 Å². The van der Waals surface area contributed by atoms with Crippen molar-refractivity contribution in [2.24, 2.45) is 5.10 Å². The summed E-state index contributed by atoms with van der Waals surface area (Å²) in [7, 11) is 3.09. The van der Waals surface area contributed by atoms with Crippen molar-refractivity contribution in [2.75, 3.05) is 20.0 Å². The molecule has 1 amide bonds. The molecule has 0 saturated carbocycles. The Morgan fingerprint density at radius 1 is 1.16 bits per heavy atom. The molecule has 3 rings (SSSR count). The number of nitrogens with zero attached hydrogens (tertiary/aromatic N) is 4. The zero-order valence-electron chi connectivity index (χ0n) is 18.3. The molecule has 9 nitrogen and oxygen atoms in total. The fraction of sp³-hybridized carbons (Fsp3) is 0.273. The molecule has 2 aromatic carbocycles. The Morgan fingerprint density at radius 3 is 2.56 bits per heavy atom. The number of carbonyl (C=O) groups is 1. The van der Waals surface area contributed by atoms with Crippen LogP contribution in [0.2, 0.25) is 0 Å². The molecular formula is C22H25N5O4S. The first-order valence-corrected chi connectivity index (χ1v) is 10.9. The van der Waals surface area contributed by atoms with Gasteiger partial charge < -0.3 is 19.1 Å². The molecule has 2 N–H and O–H groups in total. The second-order valence-electron chi connectivity index (χ2n) is 6.69. The molecule has 10 heteroatoms. The molecule has 0 unspecified atom stereocenters. The average molecular weight is 456 g/mol. The van der Waals surface area contributed by atoms with Gasteiger partial charge in [0.15, 0.2) is 22.5 Å². The second-order valence-corrected chi connectivity index (χ2v) is 7.63. The summed E-state index contributed by atoms with van der Waals surface area (Å²) in [6.07, 6.45) is 0. The maximum atomic E-state index is 12.3. The van der Waals surface area contributed by atoms with Crippen LogP contribution in [0, 0.1) is 0 Å². The highest BCUT2D eigenvalue weighted by Crippen LogP contribution is 2.27. The zero-order chi connectivity index (χ0) is 23.1. The quantitative estimate of drug-likeness (QED) is 0.289. The number of thioether (sulfide) groups is 1. The van der Waals surface area contributed by atoms with Gasteiger partial charge in [0.1, 0.15) is 5.75 Å². The first kappa shape index (κ1) is 23.1. The zero-order valence-corrected chi connectivity index (χ0v) is 19.1. The van der Waals surface area contributed by atoms with Gasteiger partial charge >= 0.3 is 0 Å². The van der Waals surface area contributed by atoms with Crippen molar-refractivity contribution in [3.8, 4) is 28.6 Å². The smallest absolute Gasteiger partial charge is 0.250 e. The summed E-state index contributed by atoms with van der Waals surface area (Å²) < 4.78 is 12.3. The Hall–Kier alpha value is -3.53. The molecule has 1 heterocycles. The summed E-state index contributed by atoms with van der Waals surface area (Å²) in [4.78, 5) is 12.3. The van der Waals surface area contributed by atoms with Crippen molar-refractivity contribution in [1.29, 1.82) is 0 Å². The molecule has 0 aliphatic rings. The van der Waals surface area contributed by atoms with E-state index in [9.17, 15) is 9.90 Å². The Bertz CT molecular complexity index is 1110. The number of carbonyl (C=O) groups excluding carboxylic acids is 1. The van der Waals surface area contributed by atoms with E-state index < -0.39 is 0 Å². The summed E-state index contributed by atoms with van der Waals surface area (Å²) in [5.74, 6) is 1.74. The molecule has 0 aliphatic carbocycles. The van der Waals surface area contributed by atoms with Gasteiger partial charge in [0.2, 0.25) is 0 Å². The largest absolute Gasteiger partial charge is 0.504 e. The molecule has 3 aromatic rings. The third-order valence-electron chi connectivity index (χ3n) is 4.66. The highest BCUT2D eigenvalue weighted by Gasteiger charge is 2.15. The summed E-state index contributed by atoms with van der Waals surface area (Å²) in [5.41, 5.74) is 4.77. The molecule has 0 radical (unpaired) electrons. The maximum absolute atomic E-state index is 12.3. The van der Waals surface area contributed by atoms with E-state index in [1.807, 2.05) is 35.8 Å². The number of phenols is 1. The fourth-order valence-corrected chi connectivity index (χ4v) is 3.70. The lowest BCUT2D eigenvalue weighted by atomic mass is 10.1. The predicted molar refractivity (Wildman–Crippen MR) is 123 cm³/mol. The number of nitrogens with one attached hydrogen (secondary N) is 1. The van der Waals surface area contributed by atoms with E-state index >= 15 is 0 Å². The molecule has 0 saturated heterocycles. The summed E-state index contributed by atoms with van der Waals surface area (Å²) in [5, 5.41) is 23.0. The number of phenolic OH excluding ortho intramolecular Hbond substituents is 1. The Balaban J connectivity index is 1.63. The number of aromatic nitrogens is 3. The van der Waals surface area contributed by atoms with Gasteiger partial charge in [-0.3, -0.25) is 4.79 Å². The standard InChI is InChI=1S/C22H25N5O4S/c1-5-27-21(15-6-9-17(30-3)10-7-15)25-26-22(27)32-13-20(29)24-23-14(2)16-8-11-18(28)19(12-16)31-4/h6-12,28H,5,13H2,1-4H3,(H,24,29). The van der Waals surface area contributed by atoms with Crippen molar-refractivity contribution in [3.05, 3.63) is 48.0 Å². The predicted octanol–water partition coefficient (Wildman–Crippen LogP) is 3.32. The molecule has 168 valence electrons. The Kier molecular flexibility index (Phi) is 7.72. The van der Waals surface area contributed by atoms with Gasteiger partial charge in [0.05, 0.1) is 25.7 Å². The van der Waals surface area contributed by atoms with Crippen LogP contribution in [-0.4, -0.2) is 51.5 Å². The van der Waals surface area contributed by atoms with Crippen LogP contribution in [-0.2, 0) is 11.3 Å². The van der Waals surface area contributed by atoms with E-state index in [0.29, 0.717) is 23.2 Å². The van der Waals surface area contributed by atoms with Gasteiger partial charge in [-0.25, -0.2) is 5.43 Å². The van der Waals surface area contributed by atoms with Gasteiger partial charge in [-0.05, 0) is 56.3 Å². The van der Waals surface area contributed by atoms with Crippen LogP contribution >= 0.6 is 11.8 Å². The molecule has 0 spiro atoms. The average Bonchev–Trinajstić information content (AvgIpc) is 3.24. The minimum Gasteiger partial charge on any atom is -0.504 e. The van der Waals surface area contributed by atoms with E-state index in [1.165, 1.54) is 24.9 Å². The topological polar surface area (TPSA) is 111 Å². The van der Waals surface area contributed by atoms with Crippen LogP contribution in [0.15, 0.2) is 52.7 Å². The lowest BCUT2D eigenvalue weighted by Crippen LogP contribution is -2.21. The van der Waals surface area contributed by atoms with Gasteiger partial charge in [-0.2, -0.15) is 5.10 Å². The maximum Gasteiger partial charge on any atom is 0.250 e. The SMILES string of the molecule is CCn1c(SCC(=O)NN=C(C)c2ccc(O)c(OC)c2)nnc1-c1ccc(OC)cc1. The first-order valence-electron chi connectivity index (χ1n) is 9.87. The van der Waals surface area contributed by atoms with Crippen molar-refractivity contribution in [3.63, 3.8) is 0 Å². The fourth-order valence-electron chi connectivity index (χ4n) is 2.91. The molecule has 0 fully saturated rings. The van der Waals surface area contributed by atoms with Crippen LogP contribution in [0.3, 0.4) is 0 Å². The minimum atomic E-state index is -0.267. The lowest BCUT2D eigenvalue weighted by molar-refractivity contribution is -0.118. The molecule has 0 aliphatic heterocycles. The summed E-state index contributed by atoms with van der Waals surface area (Å²) in [6.45, 7) is 4.42. The highest BCUT2D eigenvalue weighted by molar-refractivity contribution is 7.99. The van der Waals surface area contributed by atoms with Crippen molar-refractivity contribution in [1.82, 2.24) is 20.2 Å². The lowest BCUT2D eigenvalue weighted by Gasteiger charge is -2.08. The highest BCUT2D eigenvalue weighted by atomic mass is 32.2. The van der Waals surface area contributed by atoms with E-state index in [2.05, 4.69) is 20.7 Å². The van der Waals surface area contributed by atoms with Crippen LogP contribution in [0.1, 0.15) is 19.4 Å². The second kappa shape index (κ2) is 10.7. The summed E-state index contributed by atoms with van der Waals surface area (Å²) in [6, 6.07) is 12.4. The number of hydrazone groups is 1. The minimum absolute atomic E-state index is 0.0403. The van der Waals surface area contributed by atoms with Gasteiger partial charge in [-0.1, -0.05) is 11.8 Å². The van der Waals surface area contributed by atoms with Gasteiger partial charge in [0, 0.05) is 17.7 Å². The third-order valence-corrected chi connectivity index (χ3v) is 5.63. The van der Waals surface area contributed by atoms with E-state index in [0.717, 1.165) is 22.7 Å². The Morgan fingerprint density at radius 2 is 1.91 bits per heavy atom. The normalized spacial score (nSPS) is 11.3. The number of amides is 1. The number of methoxy groups -OCH3 is 2. The van der Waals surface area contributed by atoms with Crippen molar-refractivity contribution in [2.45, 2.75) is 25.5 Å². The monoisotopic (exact) mass is 455 g/mol. The number of ether oxygens (including phenoxy) is 2. The van der Waals surface area contributed by atoms with Gasteiger partial charge in [0.25, 0.3) is 5.91 Å².